The van der Waals surface area contributed by atoms with Crippen LogP contribution in [0.1, 0.15) is 20.3 Å². The fraction of sp³-hybridized carbons (Fsp3) is 0.286. The molecule has 2 unspecified atom stereocenters. The molecule has 144 valence electrons. The molecule has 1 aromatic heterocycles. The zero-order valence-corrected chi connectivity index (χ0v) is 16.9. The van der Waals surface area contributed by atoms with E-state index in [0.29, 0.717) is 11.6 Å². The molecule has 0 saturated heterocycles. The Balaban J connectivity index is 1.81. The van der Waals surface area contributed by atoms with Gasteiger partial charge in [0.1, 0.15) is 10.2 Å². The Labute approximate surface area is 173 Å². The van der Waals surface area contributed by atoms with Crippen molar-refractivity contribution in [2.75, 3.05) is 0 Å². The number of ether oxygens (including phenoxy) is 2. The molecule has 1 heterocycles. The molecule has 2 aromatic rings. The van der Waals surface area contributed by atoms with Gasteiger partial charge in [-0.25, -0.2) is 0 Å². The summed E-state index contributed by atoms with van der Waals surface area (Å²) in [6.07, 6.45) is 1.57. The van der Waals surface area contributed by atoms with Gasteiger partial charge >= 0.3 is 5.97 Å². The molecule has 0 spiro atoms. The highest BCUT2D eigenvalue weighted by Gasteiger charge is 2.75. The van der Waals surface area contributed by atoms with Gasteiger partial charge in [-0.3, -0.25) is 4.79 Å². The molecule has 1 fully saturated rings. The molecule has 1 aliphatic rings. The smallest absolute Gasteiger partial charge is 0.321 e. The number of carbonyl (C=O) groups is 1. The van der Waals surface area contributed by atoms with Crippen molar-refractivity contribution in [2.45, 2.75) is 20.3 Å². The third-order valence-electron chi connectivity index (χ3n) is 5.25. The van der Waals surface area contributed by atoms with Crippen LogP contribution in [-0.4, -0.2) is 11.0 Å². The highest BCUT2D eigenvalue weighted by Crippen LogP contribution is 2.72. The molecular formula is C21H18Cl2N2O3. The number of rotatable bonds is 6. The van der Waals surface area contributed by atoms with E-state index < -0.39 is 16.8 Å². The molecular weight excluding hydrogens is 399 g/mol. The minimum Gasteiger partial charge on any atom is -0.439 e. The maximum absolute atomic E-state index is 13.0. The molecule has 0 bridgehead atoms. The fourth-order valence-electron chi connectivity index (χ4n) is 3.60. The van der Waals surface area contributed by atoms with Crippen LogP contribution in [0.15, 0.2) is 59.1 Å². The summed E-state index contributed by atoms with van der Waals surface area (Å²) in [7, 11) is 0. The molecule has 0 amide bonds. The number of carbonyl (C=O) groups excluding carboxylic acids is 1. The Morgan fingerprint density at radius 2 is 1.86 bits per heavy atom. The van der Waals surface area contributed by atoms with Crippen molar-refractivity contribution < 1.29 is 14.3 Å². The zero-order valence-electron chi connectivity index (χ0n) is 15.4. The minimum atomic E-state index is -1.03. The Kier molecular flexibility index (Phi) is 5.64. The summed E-state index contributed by atoms with van der Waals surface area (Å²) in [6.45, 7) is 3.76. The van der Waals surface area contributed by atoms with Gasteiger partial charge in [-0.1, -0.05) is 61.3 Å². The quantitative estimate of drug-likeness (QED) is 0.568. The normalized spacial score (nSPS) is 21.9. The SMILES string of the molecule is CC1(C)C(C=C(Cl)Cl)C1(CC#N)C(=O)Oc1cccc(Oc2ccccc2)n1. The van der Waals surface area contributed by atoms with Crippen LogP contribution >= 0.6 is 23.2 Å². The number of benzene rings is 1. The summed E-state index contributed by atoms with van der Waals surface area (Å²) in [4.78, 5) is 17.2. The summed E-state index contributed by atoms with van der Waals surface area (Å²) < 4.78 is 11.2. The van der Waals surface area contributed by atoms with E-state index in [1.54, 1.807) is 36.4 Å². The van der Waals surface area contributed by atoms with Gasteiger partial charge in [-0.05, 0) is 23.6 Å². The van der Waals surface area contributed by atoms with E-state index in [1.807, 2.05) is 32.0 Å². The second-order valence-electron chi connectivity index (χ2n) is 7.08. The summed E-state index contributed by atoms with van der Waals surface area (Å²) in [5.74, 6) is 0.157. The Bertz CT molecular complexity index is 950. The lowest BCUT2D eigenvalue weighted by atomic mass is 9.93. The van der Waals surface area contributed by atoms with Crippen molar-refractivity contribution in [3.8, 4) is 23.6 Å². The highest BCUT2D eigenvalue weighted by molar-refractivity contribution is 6.55. The van der Waals surface area contributed by atoms with E-state index in [1.165, 1.54) is 0 Å². The van der Waals surface area contributed by atoms with Gasteiger partial charge in [0.15, 0.2) is 0 Å². The van der Waals surface area contributed by atoms with Gasteiger partial charge in [0, 0.05) is 18.1 Å². The van der Waals surface area contributed by atoms with Crippen molar-refractivity contribution in [3.05, 3.63) is 59.1 Å². The summed E-state index contributed by atoms with van der Waals surface area (Å²) in [5.41, 5.74) is -1.55. The van der Waals surface area contributed by atoms with Gasteiger partial charge in [-0.15, -0.1) is 0 Å². The van der Waals surface area contributed by atoms with E-state index in [2.05, 4.69) is 11.1 Å². The molecule has 1 aliphatic carbocycles. The minimum absolute atomic E-state index is 0.0126. The first kappa shape index (κ1) is 20.2. The predicted octanol–water partition coefficient (Wildman–Crippen LogP) is 5.65. The monoisotopic (exact) mass is 416 g/mol. The lowest BCUT2D eigenvalue weighted by Gasteiger charge is -2.15. The predicted molar refractivity (Wildman–Crippen MR) is 106 cm³/mol. The van der Waals surface area contributed by atoms with Gasteiger partial charge in [0.2, 0.25) is 11.8 Å². The molecule has 2 atom stereocenters. The summed E-state index contributed by atoms with van der Waals surface area (Å²) in [6, 6.07) is 16.1. The molecule has 0 radical (unpaired) electrons. The zero-order chi connectivity index (χ0) is 20.4. The first-order valence-electron chi connectivity index (χ1n) is 8.63. The van der Waals surface area contributed by atoms with Crippen LogP contribution in [0.25, 0.3) is 0 Å². The average molecular weight is 417 g/mol. The van der Waals surface area contributed by atoms with Gasteiger partial charge in [0.25, 0.3) is 0 Å². The number of nitrogens with zero attached hydrogens (tertiary/aromatic N) is 2. The van der Waals surface area contributed by atoms with E-state index in [0.717, 1.165) is 0 Å². The van der Waals surface area contributed by atoms with Gasteiger partial charge in [0.05, 0.1) is 17.9 Å². The number of nitriles is 1. The van der Waals surface area contributed by atoms with E-state index >= 15 is 0 Å². The first-order valence-corrected chi connectivity index (χ1v) is 9.39. The molecule has 0 aliphatic heterocycles. The number of para-hydroxylation sites is 1. The van der Waals surface area contributed by atoms with E-state index in [9.17, 15) is 10.1 Å². The second kappa shape index (κ2) is 7.83. The summed E-state index contributed by atoms with van der Waals surface area (Å²) in [5, 5.41) is 9.27. The molecule has 3 rings (SSSR count). The van der Waals surface area contributed by atoms with Crippen LogP contribution in [-0.2, 0) is 4.79 Å². The first-order chi connectivity index (χ1) is 13.3. The number of hydrogen-bond acceptors (Lipinski definition) is 5. The van der Waals surface area contributed by atoms with Crippen molar-refractivity contribution in [1.82, 2.24) is 4.98 Å². The van der Waals surface area contributed by atoms with Crippen LogP contribution in [0.4, 0.5) is 0 Å². The number of aromatic nitrogens is 1. The topological polar surface area (TPSA) is 72.2 Å². The molecule has 5 nitrogen and oxygen atoms in total. The fourth-order valence-corrected chi connectivity index (χ4v) is 3.85. The van der Waals surface area contributed by atoms with Crippen LogP contribution in [0.5, 0.6) is 17.5 Å². The van der Waals surface area contributed by atoms with Crippen LogP contribution < -0.4 is 9.47 Å². The lowest BCUT2D eigenvalue weighted by molar-refractivity contribution is -0.142. The van der Waals surface area contributed by atoms with Crippen molar-refractivity contribution in [3.63, 3.8) is 0 Å². The molecule has 1 aromatic carbocycles. The molecule has 7 heteroatoms. The number of allylic oxidation sites excluding steroid dienone is 1. The van der Waals surface area contributed by atoms with Gasteiger partial charge in [-0.2, -0.15) is 10.2 Å². The van der Waals surface area contributed by atoms with Crippen molar-refractivity contribution >= 4 is 29.2 Å². The number of hydrogen-bond donors (Lipinski definition) is 0. The Morgan fingerprint density at radius 1 is 1.18 bits per heavy atom. The third kappa shape index (κ3) is 3.71. The highest BCUT2D eigenvalue weighted by atomic mass is 35.5. The molecule has 0 N–H and O–H groups in total. The second-order valence-corrected chi connectivity index (χ2v) is 8.09. The van der Waals surface area contributed by atoms with Crippen molar-refractivity contribution in [1.29, 1.82) is 5.26 Å². The number of esters is 1. The summed E-state index contributed by atoms with van der Waals surface area (Å²) >= 11 is 11.6. The Hall–Kier alpha value is -2.55. The maximum Gasteiger partial charge on any atom is 0.321 e. The standard InChI is InChI=1S/C21H18Cl2N2O3/c1-20(2)15(13-16(22)23)21(20,11-12-24)19(26)28-18-10-6-9-17(25-18)27-14-7-4-3-5-8-14/h3-10,13,15H,11H2,1-2H3. The third-order valence-corrected chi connectivity index (χ3v) is 5.50. The Morgan fingerprint density at radius 3 is 2.50 bits per heavy atom. The van der Waals surface area contributed by atoms with Gasteiger partial charge < -0.3 is 9.47 Å². The van der Waals surface area contributed by atoms with Crippen LogP contribution in [0.2, 0.25) is 0 Å². The van der Waals surface area contributed by atoms with Crippen LogP contribution in [0.3, 0.4) is 0 Å². The van der Waals surface area contributed by atoms with Crippen LogP contribution in [0, 0.1) is 28.1 Å². The largest absolute Gasteiger partial charge is 0.439 e. The van der Waals surface area contributed by atoms with E-state index in [4.69, 9.17) is 32.7 Å². The number of halogens is 2. The average Bonchev–Trinajstić information content (AvgIpc) is 3.10. The van der Waals surface area contributed by atoms with E-state index in [-0.39, 0.29) is 22.7 Å². The molecule has 1 saturated carbocycles. The maximum atomic E-state index is 13.0. The number of pyridine rings is 1. The lowest BCUT2D eigenvalue weighted by Crippen LogP contribution is -2.27. The van der Waals surface area contributed by atoms with Crippen molar-refractivity contribution in [2.24, 2.45) is 16.7 Å². The molecule has 28 heavy (non-hydrogen) atoms.